The van der Waals surface area contributed by atoms with Crippen molar-refractivity contribution in [1.82, 2.24) is 10.2 Å². The molecule has 0 aromatic heterocycles. The highest BCUT2D eigenvalue weighted by molar-refractivity contribution is 5.78. The summed E-state index contributed by atoms with van der Waals surface area (Å²) >= 11 is 0. The molecule has 0 heterocycles. The van der Waals surface area contributed by atoms with Crippen LogP contribution in [0.4, 0.5) is 0 Å². The van der Waals surface area contributed by atoms with Gasteiger partial charge in [-0.3, -0.25) is 9.69 Å². The fourth-order valence-corrected chi connectivity index (χ4v) is 1.45. The average molecular weight is 228 g/mol. The molecule has 4 heteroatoms. The van der Waals surface area contributed by atoms with E-state index in [0.717, 1.165) is 19.4 Å². The van der Waals surface area contributed by atoms with Gasteiger partial charge in [0, 0.05) is 12.5 Å². The monoisotopic (exact) mass is 228 g/mol. The number of Topliss-reactive ketones (excluding diaryl/α,β-unsaturated/α-hetero) is 1. The van der Waals surface area contributed by atoms with Crippen LogP contribution < -0.4 is 5.32 Å². The summed E-state index contributed by atoms with van der Waals surface area (Å²) in [5.41, 5.74) is 0. The van der Waals surface area contributed by atoms with Crippen molar-refractivity contribution in [1.29, 1.82) is 0 Å². The molecule has 0 aliphatic carbocycles. The van der Waals surface area contributed by atoms with Crippen LogP contribution >= 0.6 is 0 Å². The maximum absolute atomic E-state index is 11.4. The summed E-state index contributed by atoms with van der Waals surface area (Å²) < 4.78 is 0. The molecule has 0 saturated carbocycles. The Balaban J connectivity index is 3.54. The van der Waals surface area contributed by atoms with Crippen LogP contribution in [0.2, 0.25) is 0 Å². The van der Waals surface area contributed by atoms with E-state index < -0.39 is 0 Å². The fraction of sp³-hybridized carbons (Fsp3) is 0.833. The Morgan fingerprint density at radius 1 is 1.25 bits per heavy atom. The Morgan fingerprint density at radius 3 is 2.38 bits per heavy atom. The maximum atomic E-state index is 11.4. The highest BCUT2D eigenvalue weighted by Crippen LogP contribution is 1.98. The number of carbonyl (C=O) groups is 2. The minimum atomic E-state index is 0.0593. The molecule has 1 N–H and O–H groups in total. The summed E-state index contributed by atoms with van der Waals surface area (Å²) in [6.45, 7) is 6.80. The number of likely N-dealkylation sites (N-methyl/N-ethyl adjacent to an activating group) is 1. The third kappa shape index (κ3) is 9.65. The number of nitrogens with one attached hydrogen (secondary N) is 1. The highest BCUT2D eigenvalue weighted by atomic mass is 16.2. The van der Waals surface area contributed by atoms with E-state index in [4.69, 9.17) is 0 Å². The van der Waals surface area contributed by atoms with Crippen molar-refractivity contribution in [2.45, 2.75) is 46.1 Å². The normalized spacial score (nSPS) is 10.9. The number of amides is 1. The Labute approximate surface area is 98.4 Å². The van der Waals surface area contributed by atoms with Gasteiger partial charge in [0.1, 0.15) is 5.78 Å². The molecule has 0 unspecified atom stereocenters. The quantitative estimate of drug-likeness (QED) is 0.635. The lowest BCUT2D eigenvalue weighted by Gasteiger charge is -2.17. The summed E-state index contributed by atoms with van der Waals surface area (Å²) in [7, 11) is 1.92. The van der Waals surface area contributed by atoms with Crippen molar-refractivity contribution in [2.75, 3.05) is 20.1 Å². The zero-order valence-electron chi connectivity index (χ0n) is 10.9. The van der Waals surface area contributed by atoms with Gasteiger partial charge in [0.2, 0.25) is 5.91 Å². The molecular weight excluding hydrogens is 204 g/mol. The zero-order chi connectivity index (χ0) is 12.6. The average Bonchev–Trinajstić information content (AvgIpc) is 2.10. The molecule has 94 valence electrons. The molecule has 0 aromatic rings. The topological polar surface area (TPSA) is 49.4 Å². The molecule has 0 bridgehead atoms. The van der Waals surface area contributed by atoms with Gasteiger partial charge in [-0.2, -0.15) is 0 Å². The Kier molecular flexibility index (Phi) is 7.81. The van der Waals surface area contributed by atoms with Crippen LogP contribution in [0.1, 0.15) is 40.0 Å². The van der Waals surface area contributed by atoms with Gasteiger partial charge in [-0.15, -0.1) is 0 Å². The van der Waals surface area contributed by atoms with E-state index in [2.05, 4.69) is 5.32 Å². The van der Waals surface area contributed by atoms with Crippen molar-refractivity contribution in [3.05, 3.63) is 0 Å². The molecule has 4 nitrogen and oxygen atoms in total. The van der Waals surface area contributed by atoms with E-state index >= 15 is 0 Å². The number of ketones is 1. The lowest BCUT2D eigenvalue weighted by atomic mass is 10.2. The minimum absolute atomic E-state index is 0.0593. The first-order chi connectivity index (χ1) is 7.41. The highest BCUT2D eigenvalue weighted by Gasteiger charge is 2.07. The molecule has 16 heavy (non-hydrogen) atoms. The van der Waals surface area contributed by atoms with Crippen LogP contribution in [-0.2, 0) is 9.59 Å². The number of hydrogen-bond donors (Lipinski definition) is 1. The van der Waals surface area contributed by atoms with Gasteiger partial charge in [0.05, 0.1) is 6.54 Å². The van der Waals surface area contributed by atoms with Crippen LogP contribution in [0.5, 0.6) is 0 Å². The second kappa shape index (κ2) is 8.28. The first kappa shape index (κ1) is 15.1. The smallest absolute Gasteiger partial charge is 0.234 e. The predicted octanol–water partition coefficient (Wildman–Crippen LogP) is 1.20. The van der Waals surface area contributed by atoms with E-state index in [9.17, 15) is 9.59 Å². The van der Waals surface area contributed by atoms with Crippen LogP contribution in [-0.4, -0.2) is 42.8 Å². The number of rotatable bonds is 8. The van der Waals surface area contributed by atoms with E-state index in [0.29, 0.717) is 13.0 Å². The minimum Gasteiger partial charge on any atom is -0.353 e. The Bertz CT molecular complexity index is 227. The number of hydrogen-bond acceptors (Lipinski definition) is 3. The zero-order valence-corrected chi connectivity index (χ0v) is 10.9. The third-order valence-electron chi connectivity index (χ3n) is 2.18. The standard InChI is InChI=1S/C12H24N2O2/c1-10(2)13-12(16)9-14(4)8-6-5-7-11(3)15/h10H,5-9H2,1-4H3,(H,13,16). The third-order valence-corrected chi connectivity index (χ3v) is 2.18. The molecule has 0 radical (unpaired) electrons. The van der Waals surface area contributed by atoms with Crippen molar-refractivity contribution < 1.29 is 9.59 Å². The Morgan fingerprint density at radius 2 is 1.88 bits per heavy atom. The van der Waals surface area contributed by atoms with E-state index in [1.54, 1.807) is 6.92 Å². The van der Waals surface area contributed by atoms with Gasteiger partial charge >= 0.3 is 0 Å². The molecule has 0 spiro atoms. The molecule has 0 saturated heterocycles. The van der Waals surface area contributed by atoms with Crippen molar-refractivity contribution >= 4 is 11.7 Å². The second-order valence-corrected chi connectivity index (χ2v) is 4.62. The first-order valence-corrected chi connectivity index (χ1v) is 5.89. The second-order valence-electron chi connectivity index (χ2n) is 4.62. The van der Waals surface area contributed by atoms with Gasteiger partial charge in [0.25, 0.3) is 0 Å². The molecule has 1 amide bonds. The molecule has 0 aliphatic rings. The largest absolute Gasteiger partial charge is 0.353 e. The lowest BCUT2D eigenvalue weighted by molar-refractivity contribution is -0.122. The number of unbranched alkanes of at least 4 members (excludes halogenated alkanes) is 1. The van der Waals surface area contributed by atoms with Gasteiger partial charge in [-0.1, -0.05) is 0 Å². The fourth-order valence-electron chi connectivity index (χ4n) is 1.45. The van der Waals surface area contributed by atoms with Gasteiger partial charge in [-0.05, 0) is 47.2 Å². The SMILES string of the molecule is CC(=O)CCCCN(C)CC(=O)NC(C)C. The maximum Gasteiger partial charge on any atom is 0.234 e. The summed E-state index contributed by atoms with van der Waals surface area (Å²) in [4.78, 5) is 24.1. The summed E-state index contributed by atoms with van der Waals surface area (Å²) in [5.74, 6) is 0.296. The molecule has 0 atom stereocenters. The van der Waals surface area contributed by atoms with Gasteiger partial charge < -0.3 is 10.1 Å². The molecular formula is C12H24N2O2. The predicted molar refractivity (Wildman–Crippen MR) is 65.3 cm³/mol. The lowest BCUT2D eigenvalue weighted by Crippen LogP contribution is -2.38. The van der Waals surface area contributed by atoms with E-state index in [1.165, 1.54) is 0 Å². The Hall–Kier alpha value is -0.900. The van der Waals surface area contributed by atoms with E-state index in [-0.39, 0.29) is 17.7 Å². The van der Waals surface area contributed by atoms with E-state index in [1.807, 2.05) is 25.8 Å². The van der Waals surface area contributed by atoms with Gasteiger partial charge in [-0.25, -0.2) is 0 Å². The number of carbonyl (C=O) groups excluding carboxylic acids is 2. The van der Waals surface area contributed by atoms with Crippen LogP contribution in [0.25, 0.3) is 0 Å². The van der Waals surface area contributed by atoms with Crippen LogP contribution in [0, 0.1) is 0 Å². The van der Waals surface area contributed by atoms with Crippen molar-refractivity contribution in [3.63, 3.8) is 0 Å². The first-order valence-electron chi connectivity index (χ1n) is 5.89. The van der Waals surface area contributed by atoms with Gasteiger partial charge in [0.15, 0.2) is 0 Å². The molecule has 0 aromatic carbocycles. The van der Waals surface area contributed by atoms with Crippen molar-refractivity contribution in [2.24, 2.45) is 0 Å². The molecule has 0 rings (SSSR count). The van der Waals surface area contributed by atoms with Crippen molar-refractivity contribution in [3.8, 4) is 0 Å². The molecule has 0 fully saturated rings. The van der Waals surface area contributed by atoms with Crippen LogP contribution in [0.3, 0.4) is 0 Å². The summed E-state index contributed by atoms with van der Waals surface area (Å²) in [6.07, 6.45) is 2.52. The molecule has 0 aliphatic heterocycles. The van der Waals surface area contributed by atoms with Crippen LogP contribution in [0.15, 0.2) is 0 Å². The summed E-state index contributed by atoms with van der Waals surface area (Å²) in [5, 5.41) is 2.85. The summed E-state index contributed by atoms with van der Waals surface area (Å²) in [6, 6.07) is 0.193. The number of nitrogens with zero attached hydrogens (tertiary/aromatic N) is 1.